The van der Waals surface area contributed by atoms with Crippen molar-refractivity contribution in [3.05, 3.63) is 20.9 Å². The van der Waals surface area contributed by atoms with E-state index in [2.05, 4.69) is 30.0 Å². The third-order valence-corrected chi connectivity index (χ3v) is 2.87. The van der Waals surface area contributed by atoms with Crippen molar-refractivity contribution in [1.82, 2.24) is 0 Å². The average molecular weight is 278 g/mol. The lowest BCUT2D eigenvalue weighted by atomic mass is 10.2. The van der Waals surface area contributed by atoms with Crippen molar-refractivity contribution in [3.63, 3.8) is 0 Å². The van der Waals surface area contributed by atoms with Crippen LogP contribution in [0.4, 0.5) is 0 Å². The standard InChI is InChI=1S/C10H14N8O2/c11-17-13-5-7-1-3-19-9(15-7)10-16-8(2-4-20-10)6-14-18-12/h7-8H,1-6H2. The van der Waals surface area contributed by atoms with Crippen LogP contribution in [0.15, 0.2) is 20.2 Å². The Bertz CT molecular complexity index is 457. The minimum absolute atomic E-state index is 0.113. The van der Waals surface area contributed by atoms with Crippen LogP contribution < -0.4 is 0 Å². The molecule has 2 aliphatic heterocycles. The molecule has 106 valence electrons. The van der Waals surface area contributed by atoms with Crippen molar-refractivity contribution in [2.24, 2.45) is 20.2 Å². The van der Waals surface area contributed by atoms with Gasteiger partial charge in [-0.1, -0.05) is 10.2 Å². The third kappa shape index (κ3) is 3.78. The van der Waals surface area contributed by atoms with Gasteiger partial charge in [0.15, 0.2) is 0 Å². The summed E-state index contributed by atoms with van der Waals surface area (Å²) in [6.45, 7) is 1.54. The second-order valence-electron chi connectivity index (χ2n) is 4.28. The minimum Gasteiger partial charge on any atom is -0.474 e. The van der Waals surface area contributed by atoms with Crippen LogP contribution in [0.25, 0.3) is 20.9 Å². The van der Waals surface area contributed by atoms with Crippen molar-refractivity contribution in [2.75, 3.05) is 26.3 Å². The Hall–Kier alpha value is -2.44. The first-order chi connectivity index (χ1) is 9.83. The zero-order valence-corrected chi connectivity index (χ0v) is 10.8. The average Bonchev–Trinajstić information content (AvgIpc) is 2.51. The number of nitrogens with zero attached hydrogens (tertiary/aromatic N) is 8. The molecule has 0 aromatic rings. The van der Waals surface area contributed by atoms with E-state index in [4.69, 9.17) is 20.5 Å². The molecule has 10 heteroatoms. The maximum atomic E-state index is 8.32. The maximum absolute atomic E-state index is 8.32. The molecule has 2 rings (SSSR count). The van der Waals surface area contributed by atoms with Gasteiger partial charge in [0, 0.05) is 35.8 Å². The number of aliphatic imine (C=N–C) groups is 2. The van der Waals surface area contributed by atoms with Crippen LogP contribution in [0.2, 0.25) is 0 Å². The highest BCUT2D eigenvalue weighted by atomic mass is 16.5. The molecule has 0 fully saturated rings. The van der Waals surface area contributed by atoms with Crippen LogP contribution in [-0.2, 0) is 9.47 Å². The first kappa shape index (κ1) is 14.0. The van der Waals surface area contributed by atoms with E-state index in [0.717, 1.165) is 0 Å². The molecular weight excluding hydrogens is 264 g/mol. The van der Waals surface area contributed by atoms with Crippen molar-refractivity contribution in [1.29, 1.82) is 0 Å². The molecule has 0 amide bonds. The zero-order chi connectivity index (χ0) is 14.2. The fourth-order valence-electron chi connectivity index (χ4n) is 1.88. The molecule has 2 atom stereocenters. The van der Waals surface area contributed by atoms with E-state index in [9.17, 15) is 0 Å². The Labute approximate surface area is 114 Å². The molecule has 20 heavy (non-hydrogen) atoms. The summed E-state index contributed by atoms with van der Waals surface area (Å²) in [5.41, 5.74) is 16.6. The third-order valence-electron chi connectivity index (χ3n) is 2.87. The van der Waals surface area contributed by atoms with Gasteiger partial charge in [0.1, 0.15) is 0 Å². The van der Waals surface area contributed by atoms with Crippen LogP contribution >= 0.6 is 0 Å². The van der Waals surface area contributed by atoms with Crippen LogP contribution in [0.5, 0.6) is 0 Å². The molecule has 0 aliphatic carbocycles. The van der Waals surface area contributed by atoms with Crippen LogP contribution in [0.1, 0.15) is 12.8 Å². The molecule has 0 radical (unpaired) electrons. The molecule has 0 saturated carbocycles. The van der Waals surface area contributed by atoms with E-state index in [1.807, 2.05) is 0 Å². The number of azide groups is 2. The second-order valence-corrected chi connectivity index (χ2v) is 4.28. The Morgan fingerprint density at radius 3 is 1.80 bits per heavy atom. The zero-order valence-electron chi connectivity index (χ0n) is 10.8. The van der Waals surface area contributed by atoms with Gasteiger partial charge in [-0.05, 0) is 11.1 Å². The number of hydrogen-bond donors (Lipinski definition) is 0. The molecule has 0 N–H and O–H groups in total. The SMILES string of the molecule is [N-]=[N+]=NCC1CCOC(C2=NC(CN=[N+]=[N-])CCO2)=N1. The van der Waals surface area contributed by atoms with Crippen LogP contribution in [-0.4, -0.2) is 50.2 Å². The molecule has 2 aliphatic rings. The van der Waals surface area contributed by atoms with Crippen LogP contribution in [0, 0.1) is 0 Å². The Kier molecular flexibility index (Phi) is 5.05. The van der Waals surface area contributed by atoms with Crippen molar-refractivity contribution < 1.29 is 9.47 Å². The summed E-state index contributed by atoms with van der Waals surface area (Å²) in [6, 6.07) is -0.225. The first-order valence-electron chi connectivity index (χ1n) is 6.26. The highest BCUT2D eigenvalue weighted by molar-refractivity contribution is 6.35. The largest absolute Gasteiger partial charge is 0.474 e. The van der Waals surface area contributed by atoms with Crippen LogP contribution in [0.3, 0.4) is 0 Å². The fourth-order valence-corrected chi connectivity index (χ4v) is 1.88. The summed E-state index contributed by atoms with van der Waals surface area (Å²) in [5.74, 6) is 0.667. The van der Waals surface area contributed by atoms with Gasteiger partial charge in [-0.2, -0.15) is 0 Å². The predicted octanol–water partition coefficient (Wildman–Crippen LogP) is 1.98. The van der Waals surface area contributed by atoms with Gasteiger partial charge in [0.05, 0.1) is 25.3 Å². The van der Waals surface area contributed by atoms with Crippen molar-refractivity contribution in [3.8, 4) is 0 Å². The number of rotatable bonds is 5. The Balaban J connectivity index is 2.08. The Morgan fingerprint density at radius 1 is 0.950 bits per heavy atom. The van der Waals surface area contributed by atoms with Crippen molar-refractivity contribution >= 4 is 11.8 Å². The predicted molar refractivity (Wildman–Crippen MR) is 71.6 cm³/mol. The molecule has 10 nitrogen and oxygen atoms in total. The van der Waals surface area contributed by atoms with Crippen molar-refractivity contribution in [2.45, 2.75) is 24.9 Å². The topological polar surface area (TPSA) is 141 Å². The number of hydrogen-bond acceptors (Lipinski definition) is 6. The summed E-state index contributed by atoms with van der Waals surface area (Å²) in [6.07, 6.45) is 1.38. The molecule has 0 saturated heterocycles. The van der Waals surface area contributed by atoms with E-state index in [0.29, 0.717) is 50.9 Å². The summed E-state index contributed by atoms with van der Waals surface area (Å²) in [4.78, 5) is 14.1. The van der Waals surface area contributed by atoms with Gasteiger partial charge in [-0.25, -0.2) is 9.98 Å². The quantitative estimate of drug-likeness (QED) is 0.430. The highest BCUT2D eigenvalue weighted by Gasteiger charge is 2.25. The molecule has 2 unspecified atom stereocenters. The lowest BCUT2D eigenvalue weighted by molar-refractivity contribution is 0.231. The van der Waals surface area contributed by atoms with Gasteiger partial charge >= 0.3 is 0 Å². The Morgan fingerprint density at radius 2 is 1.40 bits per heavy atom. The normalized spacial score (nSPS) is 25.0. The maximum Gasteiger partial charge on any atom is 0.273 e. The van der Waals surface area contributed by atoms with Gasteiger partial charge in [0.2, 0.25) is 0 Å². The van der Waals surface area contributed by atoms with Gasteiger partial charge in [-0.3, -0.25) is 0 Å². The molecule has 0 aromatic carbocycles. The lowest BCUT2D eigenvalue weighted by Gasteiger charge is -2.24. The number of ether oxygens (including phenoxy) is 2. The summed E-state index contributed by atoms with van der Waals surface area (Å²) in [5, 5.41) is 7.03. The van der Waals surface area contributed by atoms with E-state index in [1.54, 1.807) is 0 Å². The van der Waals surface area contributed by atoms with Gasteiger partial charge in [0.25, 0.3) is 11.8 Å². The smallest absolute Gasteiger partial charge is 0.273 e. The monoisotopic (exact) mass is 278 g/mol. The van der Waals surface area contributed by atoms with Gasteiger partial charge < -0.3 is 9.47 Å². The molecule has 0 bridgehead atoms. The van der Waals surface area contributed by atoms with E-state index >= 15 is 0 Å². The second kappa shape index (κ2) is 7.22. The first-order valence-corrected chi connectivity index (χ1v) is 6.26. The minimum atomic E-state index is -0.113. The lowest BCUT2D eigenvalue weighted by Crippen LogP contribution is -2.34. The van der Waals surface area contributed by atoms with E-state index < -0.39 is 0 Å². The molecule has 0 aromatic heterocycles. The van der Waals surface area contributed by atoms with Gasteiger partial charge in [-0.15, -0.1) is 0 Å². The summed E-state index contributed by atoms with van der Waals surface area (Å²) in [7, 11) is 0. The van der Waals surface area contributed by atoms with E-state index in [-0.39, 0.29) is 12.1 Å². The molecule has 0 spiro atoms. The summed E-state index contributed by atoms with van der Waals surface area (Å²) >= 11 is 0. The van der Waals surface area contributed by atoms with E-state index in [1.165, 1.54) is 0 Å². The summed E-state index contributed by atoms with van der Waals surface area (Å²) < 4.78 is 10.9. The molecular formula is C10H14N8O2. The fraction of sp³-hybridized carbons (Fsp3) is 0.800. The molecule has 2 heterocycles. The highest BCUT2D eigenvalue weighted by Crippen LogP contribution is 2.14.